The number of ether oxygens (including phenoxy) is 3. The second kappa shape index (κ2) is 12.2. The Morgan fingerprint density at radius 3 is 1.91 bits per heavy atom. The van der Waals surface area contributed by atoms with Gasteiger partial charge in [0.2, 0.25) is 0 Å². The Morgan fingerprint density at radius 1 is 0.889 bits per heavy atom. The summed E-state index contributed by atoms with van der Waals surface area (Å²) in [6.07, 6.45) is -17.1. The summed E-state index contributed by atoms with van der Waals surface area (Å²) in [6.45, 7) is 2.23. The summed E-state index contributed by atoms with van der Waals surface area (Å²) >= 11 is 0. The lowest BCUT2D eigenvalue weighted by atomic mass is 9.86. The van der Waals surface area contributed by atoms with E-state index in [-0.39, 0.29) is 29.7 Å². The number of alkyl halides is 9. The van der Waals surface area contributed by atoms with Crippen molar-refractivity contribution in [1.29, 1.82) is 0 Å². The van der Waals surface area contributed by atoms with E-state index in [2.05, 4.69) is 0 Å². The predicted molar refractivity (Wildman–Crippen MR) is 140 cm³/mol. The van der Waals surface area contributed by atoms with Crippen molar-refractivity contribution in [2.75, 3.05) is 19.1 Å². The van der Waals surface area contributed by atoms with Gasteiger partial charge in [0.1, 0.15) is 5.75 Å². The number of methoxy groups -OCH3 is 2. The van der Waals surface area contributed by atoms with E-state index in [1.54, 1.807) is 13.8 Å². The molecule has 16 heteroatoms. The molecular formula is C29H29F9N2O5. The third-order valence-corrected chi connectivity index (χ3v) is 7.55. The van der Waals surface area contributed by atoms with Crippen LogP contribution in [0.4, 0.5) is 54.8 Å². The molecule has 0 N–H and O–H groups in total. The molecule has 7 nitrogen and oxygen atoms in total. The van der Waals surface area contributed by atoms with Crippen LogP contribution >= 0.6 is 0 Å². The van der Waals surface area contributed by atoms with Gasteiger partial charge in [0.05, 0.1) is 48.7 Å². The molecule has 2 atom stereocenters. The molecule has 2 aliphatic rings. The van der Waals surface area contributed by atoms with Gasteiger partial charge >= 0.3 is 30.7 Å². The van der Waals surface area contributed by atoms with Crippen LogP contribution in [0, 0.1) is 5.92 Å². The van der Waals surface area contributed by atoms with Crippen molar-refractivity contribution < 1.29 is 63.3 Å². The van der Waals surface area contributed by atoms with E-state index in [0.29, 0.717) is 31.0 Å². The van der Waals surface area contributed by atoms with Crippen molar-refractivity contribution in [3.8, 4) is 5.75 Å². The average molecular weight is 657 g/mol. The number of fused-ring (bicyclic) bond motifs is 1. The summed E-state index contributed by atoms with van der Waals surface area (Å²) in [5, 5.41) is 0. The molecule has 2 aromatic carbocycles. The maximum absolute atomic E-state index is 14.2. The zero-order valence-corrected chi connectivity index (χ0v) is 24.4. The maximum Gasteiger partial charge on any atom is 0.419 e. The van der Waals surface area contributed by atoms with E-state index in [1.807, 2.05) is 0 Å². The highest BCUT2D eigenvalue weighted by Gasteiger charge is 2.49. The minimum Gasteiger partial charge on any atom is -0.496 e. The van der Waals surface area contributed by atoms with Gasteiger partial charge < -0.3 is 14.2 Å². The first-order valence-corrected chi connectivity index (χ1v) is 13.7. The summed E-state index contributed by atoms with van der Waals surface area (Å²) in [5.41, 5.74) is -5.52. The smallest absolute Gasteiger partial charge is 0.419 e. The fourth-order valence-corrected chi connectivity index (χ4v) is 5.49. The molecule has 45 heavy (non-hydrogen) atoms. The molecule has 248 valence electrons. The largest absolute Gasteiger partial charge is 0.496 e. The fourth-order valence-electron chi connectivity index (χ4n) is 5.49. The molecule has 1 aliphatic heterocycles. The first-order chi connectivity index (χ1) is 20.8. The van der Waals surface area contributed by atoms with Gasteiger partial charge in [-0.05, 0) is 74.4 Å². The standard InChI is InChI=1S/C29H29F9N2O5/c1-14(2)45-26(42)40-21(16-5-6-16)11-22(19-10-20(29(36,37)38)24(43-3)12-23(19)40)39(25(41)44-4)13-15-7-17(27(30,31)32)9-18(8-15)28(33,34)35/h7-10,12,14,16,21-22H,5-6,11,13H2,1-4H3/t21-,22-/m0/s1. The number of carbonyl (C=O) groups excluding carboxylic acids is 2. The van der Waals surface area contributed by atoms with Crippen LogP contribution in [0.3, 0.4) is 0 Å². The van der Waals surface area contributed by atoms with Gasteiger partial charge in [0.25, 0.3) is 0 Å². The number of nitrogens with zero attached hydrogens (tertiary/aromatic N) is 2. The van der Waals surface area contributed by atoms with Crippen LogP contribution < -0.4 is 9.64 Å². The molecule has 0 unspecified atom stereocenters. The monoisotopic (exact) mass is 656 g/mol. The SMILES string of the molecule is COC(=O)N(Cc1cc(C(F)(F)F)cc(C(F)(F)F)c1)[C@H]1C[C@@H](C2CC2)N(C(=O)OC(C)C)c2cc(OC)c(C(F)(F)F)cc21. The zero-order valence-electron chi connectivity index (χ0n) is 24.4. The Morgan fingerprint density at radius 2 is 1.47 bits per heavy atom. The molecule has 4 rings (SSSR count). The van der Waals surface area contributed by atoms with Gasteiger partial charge in [0, 0.05) is 18.7 Å². The van der Waals surface area contributed by atoms with E-state index in [1.165, 1.54) is 4.90 Å². The Bertz CT molecular complexity index is 1400. The normalized spacial score (nSPS) is 18.8. The van der Waals surface area contributed by atoms with Crippen molar-refractivity contribution in [3.05, 3.63) is 58.1 Å². The highest BCUT2D eigenvalue weighted by Crippen LogP contribution is 2.52. The Hall–Kier alpha value is -3.85. The van der Waals surface area contributed by atoms with Gasteiger partial charge in [-0.3, -0.25) is 9.80 Å². The van der Waals surface area contributed by atoms with Gasteiger partial charge in [-0.1, -0.05) is 0 Å². The molecule has 0 bridgehead atoms. The maximum atomic E-state index is 14.2. The Labute approximate surface area is 251 Å². The quantitative estimate of drug-likeness (QED) is 0.292. The van der Waals surface area contributed by atoms with Crippen molar-refractivity contribution in [1.82, 2.24) is 4.90 Å². The second-order valence-electron chi connectivity index (χ2n) is 11.1. The minimum absolute atomic E-state index is 0.0783. The lowest BCUT2D eigenvalue weighted by Crippen LogP contribution is -2.50. The van der Waals surface area contributed by atoms with Crippen LogP contribution in [0.2, 0.25) is 0 Å². The molecule has 1 aliphatic carbocycles. The summed E-state index contributed by atoms with van der Waals surface area (Å²) in [6, 6.07) is 0.254. The van der Waals surface area contributed by atoms with Gasteiger partial charge in [-0.15, -0.1) is 0 Å². The van der Waals surface area contributed by atoms with Gasteiger partial charge in [-0.2, -0.15) is 39.5 Å². The second-order valence-corrected chi connectivity index (χ2v) is 11.1. The molecule has 0 saturated heterocycles. The van der Waals surface area contributed by atoms with Gasteiger partial charge in [0.15, 0.2) is 0 Å². The lowest BCUT2D eigenvalue weighted by Gasteiger charge is -2.44. The number of rotatable bonds is 6. The van der Waals surface area contributed by atoms with E-state index in [0.717, 1.165) is 25.2 Å². The average Bonchev–Trinajstić information content (AvgIpc) is 3.77. The topological polar surface area (TPSA) is 68.3 Å². The van der Waals surface area contributed by atoms with Crippen molar-refractivity contribution in [2.24, 2.45) is 5.92 Å². The van der Waals surface area contributed by atoms with Crippen LogP contribution in [-0.2, 0) is 34.5 Å². The molecule has 1 saturated carbocycles. The summed E-state index contributed by atoms with van der Waals surface area (Å²) in [7, 11) is 1.89. The van der Waals surface area contributed by atoms with Crippen LogP contribution in [0.1, 0.15) is 67.0 Å². The fraction of sp³-hybridized carbons (Fsp3) is 0.517. The number of hydrogen-bond donors (Lipinski definition) is 0. The first kappa shape index (κ1) is 34.0. The molecule has 0 spiro atoms. The van der Waals surface area contributed by atoms with Crippen molar-refractivity contribution in [3.63, 3.8) is 0 Å². The molecule has 1 fully saturated rings. The molecule has 2 aromatic rings. The first-order valence-electron chi connectivity index (χ1n) is 13.7. The van der Waals surface area contributed by atoms with Crippen LogP contribution in [-0.4, -0.2) is 43.5 Å². The number of halogens is 9. The number of anilines is 1. The lowest BCUT2D eigenvalue weighted by molar-refractivity contribution is -0.143. The zero-order chi connectivity index (χ0) is 33.6. The minimum atomic E-state index is -5.18. The predicted octanol–water partition coefficient (Wildman–Crippen LogP) is 8.60. The van der Waals surface area contributed by atoms with E-state index in [4.69, 9.17) is 14.2 Å². The highest BCUT2D eigenvalue weighted by atomic mass is 19.4. The van der Waals surface area contributed by atoms with Crippen LogP contribution in [0.15, 0.2) is 30.3 Å². The molecular weight excluding hydrogens is 627 g/mol. The number of hydrogen-bond acceptors (Lipinski definition) is 5. The Kier molecular flexibility index (Phi) is 9.19. The molecule has 0 aromatic heterocycles. The van der Waals surface area contributed by atoms with E-state index >= 15 is 0 Å². The number of amides is 2. The van der Waals surface area contributed by atoms with Crippen LogP contribution in [0.5, 0.6) is 5.75 Å². The van der Waals surface area contributed by atoms with E-state index in [9.17, 15) is 49.1 Å². The van der Waals surface area contributed by atoms with Crippen molar-refractivity contribution in [2.45, 2.75) is 76.4 Å². The van der Waals surface area contributed by atoms with Crippen molar-refractivity contribution >= 4 is 17.9 Å². The summed E-state index contributed by atoms with van der Waals surface area (Å²) in [5.74, 6) is -0.838. The highest BCUT2D eigenvalue weighted by molar-refractivity contribution is 5.91. The number of benzene rings is 2. The summed E-state index contributed by atoms with van der Waals surface area (Å²) in [4.78, 5) is 28.4. The molecule has 2 amide bonds. The van der Waals surface area contributed by atoms with Gasteiger partial charge in [-0.25, -0.2) is 9.59 Å². The number of carbonyl (C=O) groups is 2. The van der Waals surface area contributed by atoms with E-state index < -0.39 is 83.5 Å². The molecule has 1 heterocycles. The Balaban J connectivity index is 1.94. The molecule has 0 radical (unpaired) electrons. The van der Waals surface area contributed by atoms with Crippen LogP contribution in [0.25, 0.3) is 0 Å². The third kappa shape index (κ3) is 7.35. The summed E-state index contributed by atoms with van der Waals surface area (Å²) < 4.78 is 139. The third-order valence-electron chi connectivity index (χ3n) is 7.55.